The van der Waals surface area contributed by atoms with Gasteiger partial charge in [0.1, 0.15) is 11.5 Å². The van der Waals surface area contributed by atoms with Crippen LogP contribution in [-0.4, -0.2) is 45.6 Å². The van der Waals surface area contributed by atoms with Gasteiger partial charge in [0.2, 0.25) is 5.88 Å². The fourth-order valence-corrected chi connectivity index (χ4v) is 3.68. The minimum absolute atomic E-state index is 0.273. The van der Waals surface area contributed by atoms with Crippen molar-refractivity contribution in [1.29, 1.82) is 0 Å². The molecule has 32 heavy (non-hydrogen) atoms. The van der Waals surface area contributed by atoms with Crippen LogP contribution in [0, 0.1) is 6.92 Å². The van der Waals surface area contributed by atoms with Gasteiger partial charge in [0, 0.05) is 19.1 Å². The first-order valence-corrected chi connectivity index (χ1v) is 11.3. The normalized spacial score (nSPS) is 12.4. The van der Waals surface area contributed by atoms with Crippen LogP contribution in [0.2, 0.25) is 0 Å². The maximum absolute atomic E-state index is 10.4. The van der Waals surface area contributed by atoms with Crippen LogP contribution in [-0.2, 0) is 6.54 Å². The Morgan fingerprint density at radius 2 is 1.69 bits per heavy atom. The fourth-order valence-electron chi connectivity index (χ4n) is 3.68. The Hall–Kier alpha value is -2.83. The second-order valence-electron chi connectivity index (χ2n) is 8.36. The number of hydrogen-bond acceptors (Lipinski definition) is 5. The second-order valence-corrected chi connectivity index (χ2v) is 8.36. The van der Waals surface area contributed by atoms with Gasteiger partial charge in [-0.2, -0.15) is 5.10 Å². The third-order valence-electron chi connectivity index (χ3n) is 5.57. The third kappa shape index (κ3) is 5.90. The Kier molecular flexibility index (Phi) is 8.31. The van der Waals surface area contributed by atoms with Crippen molar-refractivity contribution in [3.8, 4) is 23.1 Å². The molecule has 0 aliphatic carbocycles. The lowest BCUT2D eigenvalue weighted by Crippen LogP contribution is -2.37. The summed E-state index contributed by atoms with van der Waals surface area (Å²) in [5.74, 6) is 2.18. The van der Waals surface area contributed by atoms with E-state index in [4.69, 9.17) is 14.6 Å². The first kappa shape index (κ1) is 23.8. The number of methoxy groups -OCH3 is 1. The molecule has 0 spiro atoms. The van der Waals surface area contributed by atoms with Crippen molar-refractivity contribution in [2.24, 2.45) is 0 Å². The zero-order valence-corrected chi connectivity index (χ0v) is 19.8. The lowest BCUT2D eigenvalue weighted by Gasteiger charge is -2.29. The number of benzene rings is 2. The first-order valence-electron chi connectivity index (χ1n) is 11.3. The van der Waals surface area contributed by atoms with E-state index in [1.807, 2.05) is 66.2 Å². The molecule has 2 aromatic carbocycles. The zero-order chi connectivity index (χ0) is 23.1. The van der Waals surface area contributed by atoms with Crippen LogP contribution in [0.4, 0.5) is 0 Å². The van der Waals surface area contributed by atoms with E-state index < -0.39 is 0 Å². The largest absolute Gasteiger partial charge is 0.497 e. The van der Waals surface area contributed by atoms with Crippen molar-refractivity contribution < 1.29 is 14.6 Å². The summed E-state index contributed by atoms with van der Waals surface area (Å²) in [4.78, 5) is 2.28. The highest BCUT2D eigenvalue weighted by Gasteiger charge is 2.23. The molecule has 3 aromatic rings. The molecule has 0 unspecified atom stereocenters. The van der Waals surface area contributed by atoms with Crippen LogP contribution in [0.25, 0.3) is 5.69 Å². The van der Waals surface area contributed by atoms with Crippen molar-refractivity contribution in [2.75, 3.05) is 13.7 Å². The average molecular weight is 438 g/mol. The van der Waals surface area contributed by atoms with Gasteiger partial charge in [0.25, 0.3) is 0 Å². The highest BCUT2D eigenvalue weighted by atomic mass is 16.5. The molecular formula is C26H35N3O3. The molecule has 0 radical (unpaired) electrons. The Morgan fingerprint density at radius 3 is 2.28 bits per heavy atom. The molecule has 3 rings (SSSR count). The van der Waals surface area contributed by atoms with Crippen LogP contribution in [0.3, 0.4) is 0 Å². The number of rotatable bonds is 11. The molecule has 6 heteroatoms. The smallest absolute Gasteiger partial charge is 0.227 e. The van der Waals surface area contributed by atoms with Gasteiger partial charge < -0.3 is 14.6 Å². The average Bonchev–Trinajstić information content (AvgIpc) is 3.09. The molecule has 0 fully saturated rings. The van der Waals surface area contributed by atoms with Crippen molar-refractivity contribution in [3.63, 3.8) is 0 Å². The summed E-state index contributed by atoms with van der Waals surface area (Å²) in [7, 11) is 1.65. The van der Waals surface area contributed by atoms with Crippen LogP contribution >= 0.6 is 0 Å². The SMILES string of the molecule is CCC[C@@H](O)CN(Cc1c(C)nn(-c2ccccc2)c1Oc1ccc(OC)cc1)C(C)C. The Bertz CT molecular complexity index is 968. The molecule has 6 nitrogen and oxygen atoms in total. The van der Waals surface area contributed by atoms with E-state index in [-0.39, 0.29) is 12.1 Å². The zero-order valence-electron chi connectivity index (χ0n) is 19.8. The molecule has 0 bridgehead atoms. The van der Waals surface area contributed by atoms with Crippen LogP contribution < -0.4 is 9.47 Å². The minimum atomic E-state index is -0.349. The van der Waals surface area contributed by atoms with E-state index in [9.17, 15) is 5.11 Å². The van der Waals surface area contributed by atoms with Gasteiger partial charge in [0.15, 0.2) is 0 Å². The molecule has 0 saturated carbocycles. The molecule has 0 saturated heterocycles. The summed E-state index contributed by atoms with van der Waals surface area (Å²) in [6.07, 6.45) is 1.41. The van der Waals surface area contributed by atoms with Crippen molar-refractivity contribution >= 4 is 0 Å². The maximum atomic E-state index is 10.4. The van der Waals surface area contributed by atoms with Crippen LogP contribution in [0.5, 0.6) is 17.4 Å². The molecule has 0 aliphatic heterocycles. The molecule has 1 atom stereocenters. The number of hydrogen-bond donors (Lipinski definition) is 1. The van der Waals surface area contributed by atoms with E-state index in [2.05, 4.69) is 25.7 Å². The summed E-state index contributed by atoms with van der Waals surface area (Å²) < 4.78 is 13.5. The molecule has 172 valence electrons. The lowest BCUT2D eigenvalue weighted by atomic mass is 10.1. The summed E-state index contributed by atoms with van der Waals surface area (Å²) in [5, 5.41) is 15.3. The van der Waals surface area contributed by atoms with Gasteiger partial charge in [0.05, 0.1) is 30.2 Å². The van der Waals surface area contributed by atoms with Gasteiger partial charge in [-0.05, 0) is 63.6 Å². The predicted octanol–water partition coefficient (Wildman–Crippen LogP) is 5.35. The second kappa shape index (κ2) is 11.2. The topological polar surface area (TPSA) is 59.8 Å². The quantitative estimate of drug-likeness (QED) is 0.438. The van der Waals surface area contributed by atoms with Crippen molar-refractivity contribution in [3.05, 3.63) is 65.9 Å². The molecule has 0 amide bonds. The number of nitrogens with zero attached hydrogens (tertiary/aromatic N) is 3. The van der Waals surface area contributed by atoms with Gasteiger partial charge in [-0.15, -0.1) is 0 Å². The van der Waals surface area contributed by atoms with Gasteiger partial charge in [-0.3, -0.25) is 4.90 Å². The molecule has 1 N–H and O–H groups in total. The minimum Gasteiger partial charge on any atom is -0.497 e. The summed E-state index contributed by atoms with van der Waals surface area (Å²) in [5.41, 5.74) is 2.86. The van der Waals surface area contributed by atoms with E-state index in [1.54, 1.807) is 7.11 Å². The summed E-state index contributed by atoms with van der Waals surface area (Å²) in [6.45, 7) is 9.67. The molecule has 1 aromatic heterocycles. The fraction of sp³-hybridized carbons (Fsp3) is 0.423. The van der Waals surface area contributed by atoms with E-state index in [0.717, 1.165) is 35.5 Å². The standard InChI is InChI=1S/C26H35N3O3/c1-6-10-22(30)17-28(19(2)3)18-25-20(4)27-29(21-11-8-7-9-12-21)26(25)32-24-15-13-23(31-5)14-16-24/h7-9,11-16,19,22,30H,6,10,17-18H2,1-5H3/t22-/m1/s1. The molecule has 1 heterocycles. The number of aliphatic hydroxyl groups excluding tert-OH is 1. The number of para-hydroxylation sites is 1. The first-order chi connectivity index (χ1) is 15.4. The van der Waals surface area contributed by atoms with Crippen LogP contribution in [0.15, 0.2) is 54.6 Å². The lowest BCUT2D eigenvalue weighted by molar-refractivity contribution is 0.0837. The molecular weight excluding hydrogens is 402 g/mol. The number of aromatic nitrogens is 2. The monoisotopic (exact) mass is 437 g/mol. The Labute approximate surface area is 191 Å². The van der Waals surface area contributed by atoms with Gasteiger partial charge in [-0.25, -0.2) is 4.68 Å². The number of ether oxygens (including phenoxy) is 2. The maximum Gasteiger partial charge on any atom is 0.227 e. The summed E-state index contributed by atoms with van der Waals surface area (Å²) in [6, 6.07) is 17.8. The van der Waals surface area contributed by atoms with Gasteiger partial charge in [-0.1, -0.05) is 31.5 Å². The van der Waals surface area contributed by atoms with E-state index in [0.29, 0.717) is 24.7 Å². The van der Waals surface area contributed by atoms with Crippen LogP contribution in [0.1, 0.15) is 44.9 Å². The van der Waals surface area contributed by atoms with E-state index >= 15 is 0 Å². The predicted molar refractivity (Wildman–Crippen MR) is 128 cm³/mol. The highest BCUT2D eigenvalue weighted by Crippen LogP contribution is 2.32. The number of aryl methyl sites for hydroxylation is 1. The molecule has 0 aliphatic rings. The summed E-state index contributed by atoms with van der Waals surface area (Å²) >= 11 is 0. The van der Waals surface area contributed by atoms with Crippen molar-refractivity contribution in [1.82, 2.24) is 14.7 Å². The number of aliphatic hydroxyl groups is 1. The van der Waals surface area contributed by atoms with E-state index in [1.165, 1.54) is 0 Å². The highest BCUT2D eigenvalue weighted by molar-refractivity contribution is 5.44. The van der Waals surface area contributed by atoms with Gasteiger partial charge >= 0.3 is 0 Å². The Morgan fingerprint density at radius 1 is 1.03 bits per heavy atom. The van der Waals surface area contributed by atoms with Crippen molar-refractivity contribution in [2.45, 2.75) is 59.2 Å². The third-order valence-corrected chi connectivity index (χ3v) is 5.57. The Balaban J connectivity index is 1.99.